The Morgan fingerprint density at radius 3 is 2.18 bits per heavy atom. The number of hydrogen-bond donors (Lipinski definition) is 4. The van der Waals surface area contributed by atoms with E-state index in [9.17, 15) is 13.9 Å². The van der Waals surface area contributed by atoms with E-state index in [1.54, 1.807) is 25.2 Å². The van der Waals surface area contributed by atoms with Crippen LogP contribution in [0.2, 0.25) is 5.02 Å². The predicted molar refractivity (Wildman–Crippen MR) is 231 cm³/mol. The van der Waals surface area contributed by atoms with Crippen molar-refractivity contribution >= 4 is 23.0 Å². The fraction of sp³-hybridized carbons (Fsp3) is 0.356. The van der Waals surface area contributed by atoms with Crippen molar-refractivity contribution in [3.05, 3.63) is 131 Å². The largest absolute Gasteiger partial charge is 0.490 e. The molecule has 5 rings (SSSR count). The van der Waals surface area contributed by atoms with Crippen molar-refractivity contribution in [2.45, 2.75) is 86.7 Å². The van der Waals surface area contributed by atoms with E-state index < -0.39 is 6.17 Å². The summed E-state index contributed by atoms with van der Waals surface area (Å²) in [6.07, 6.45) is 2.18. The number of pyridine rings is 2. The van der Waals surface area contributed by atoms with Gasteiger partial charge in [0.1, 0.15) is 29.5 Å². The molecule has 1 aliphatic rings. The molecule has 8 nitrogen and oxygen atoms in total. The maximum atomic E-state index is 14.0. The predicted octanol–water partition coefficient (Wildman–Crippen LogP) is 10.5. The summed E-state index contributed by atoms with van der Waals surface area (Å²) in [6, 6.07) is 16.2. The van der Waals surface area contributed by atoms with Crippen LogP contribution < -0.4 is 15.8 Å². The summed E-state index contributed by atoms with van der Waals surface area (Å²) in [7, 11) is 0. The molecule has 0 amide bonds. The summed E-state index contributed by atoms with van der Waals surface area (Å²) in [5.74, 6) is 0.128. The molecule has 11 heteroatoms. The van der Waals surface area contributed by atoms with Crippen LogP contribution in [0.3, 0.4) is 0 Å². The lowest BCUT2D eigenvalue weighted by Gasteiger charge is -2.22. The molecule has 0 spiro atoms. The SMILES string of the molecule is C=C.C=C.CC.CC(=Nc1c(C)cc(C)cc1C)C(C)F.Cc1nccc(-c2nc(C(CNCO)c3cccc(F)c3)cc3c2OCC3(C)C)c1Cl.NC#CO. The Balaban J connectivity index is 0.00000101. The standard InChI is InChI=1S/C24H25ClFN3O2.C13H18FN.C2H3NO.C2H6.2C2H4/c1-14-21(25)17(7-8-28-14)22-23-19(24(2,3)12-31-23)10-20(29-22)18(11-27-13-30)15-5-4-6-16(26)9-15;1-8-6-9(2)13(10(3)7-8)15-12(5)11(4)14;3-1-2-4;3*1-2/h4-10,18,27,30H,11-13H2,1-3H3;6-7,11H,1-5H3;4H,3H2;1-2H3;2*1-2H2. The van der Waals surface area contributed by atoms with Crippen molar-refractivity contribution in [2.75, 3.05) is 19.9 Å². The highest BCUT2D eigenvalue weighted by Crippen LogP contribution is 2.46. The molecule has 2 aromatic carbocycles. The van der Waals surface area contributed by atoms with Crippen molar-refractivity contribution in [3.8, 4) is 29.2 Å². The third kappa shape index (κ3) is 14.5. The molecule has 5 N–H and O–H groups in total. The van der Waals surface area contributed by atoms with Crippen LogP contribution in [-0.2, 0) is 5.41 Å². The highest BCUT2D eigenvalue weighted by atomic mass is 35.5. The second-order valence-electron chi connectivity index (χ2n) is 12.8. The summed E-state index contributed by atoms with van der Waals surface area (Å²) >= 11 is 6.60. The number of nitrogens with one attached hydrogen (secondary N) is 1. The van der Waals surface area contributed by atoms with Gasteiger partial charge >= 0.3 is 0 Å². The lowest BCUT2D eigenvalue weighted by molar-refractivity contribution is 0.259. The van der Waals surface area contributed by atoms with E-state index in [1.165, 1.54) is 30.7 Å². The molecule has 0 saturated heterocycles. The number of aliphatic hydroxyl groups is 2. The summed E-state index contributed by atoms with van der Waals surface area (Å²) in [5.41, 5.74) is 13.7. The fourth-order valence-electron chi connectivity index (χ4n) is 5.56. The highest BCUT2D eigenvalue weighted by molar-refractivity contribution is 6.33. The highest BCUT2D eigenvalue weighted by Gasteiger charge is 2.36. The van der Waals surface area contributed by atoms with Gasteiger partial charge in [0.05, 0.1) is 35.4 Å². The molecular weight excluding hydrogens is 732 g/mol. The number of aryl methyl sites for hydroxylation is 4. The minimum absolute atomic E-state index is 0.187. The Labute approximate surface area is 338 Å². The number of nitrogens with two attached hydrogens (primary N) is 1. The molecular formula is C45H60ClF2N5O3. The molecule has 1 aliphatic heterocycles. The van der Waals surface area contributed by atoms with Crippen LogP contribution in [0.1, 0.15) is 86.7 Å². The number of halogens is 3. The summed E-state index contributed by atoms with van der Waals surface area (Å²) in [4.78, 5) is 13.6. The van der Waals surface area contributed by atoms with Gasteiger partial charge in [0, 0.05) is 47.0 Å². The van der Waals surface area contributed by atoms with Crippen LogP contribution in [0.5, 0.6) is 5.75 Å². The van der Waals surface area contributed by atoms with Crippen LogP contribution >= 0.6 is 11.6 Å². The summed E-state index contributed by atoms with van der Waals surface area (Å²) in [6.45, 7) is 32.1. The number of rotatable bonds is 8. The van der Waals surface area contributed by atoms with E-state index in [2.05, 4.69) is 80.2 Å². The van der Waals surface area contributed by atoms with Crippen molar-refractivity contribution in [3.63, 3.8) is 0 Å². The number of nitrogens with zero attached hydrogens (tertiary/aromatic N) is 3. The Morgan fingerprint density at radius 2 is 1.66 bits per heavy atom. The van der Waals surface area contributed by atoms with Gasteiger partial charge in [0.25, 0.3) is 0 Å². The van der Waals surface area contributed by atoms with Crippen molar-refractivity contribution in [2.24, 2.45) is 10.7 Å². The normalized spacial score (nSPS) is 12.8. The molecule has 0 radical (unpaired) electrons. The third-order valence-electron chi connectivity index (χ3n) is 8.25. The average molecular weight is 792 g/mol. The van der Waals surface area contributed by atoms with E-state index in [0.717, 1.165) is 39.2 Å². The zero-order valence-electron chi connectivity index (χ0n) is 34.7. The molecule has 0 saturated carbocycles. The first kappa shape index (κ1) is 50.9. The van der Waals surface area contributed by atoms with Gasteiger partial charge in [-0.25, -0.2) is 13.8 Å². The van der Waals surface area contributed by atoms with E-state index in [0.29, 0.717) is 41.0 Å². The fourth-order valence-corrected chi connectivity index (χ4v) is 5.77. The van der Waals surface area contributed by atoms with E-state index in [1.807, 2.05) is 52.8 Å². The molecule has 0 bridgehead atoms. The van der Waals surface area contributed by atoms with Crippen LogP contribution in [0, 0.1) is 45.7 Å². The van der Waals surface area contributed by atoms with E-state index in [4.69, 9.17) is 26.4 Å². The number of fused-ring (bicyclic) bond motifs is 1. The van der Waals surface area contributed by atoms with Gasteiger partial charge in [-0.05, 0) is 82.5 Å². The first-order chi connectivity index (χ1) is 26.6. The van der Waals surface area contributed by atoms with Gasteiger partial charge in [0.2, 0.25) is 0 Å². The number of benzene rings is 2. The van der Waals surface area contributed by atoms with Gasteiger partial charge in [-0.15, -0.1) is 26.3 Å². The molecule has 4 aromatic rings. The average Bonchev–Trinajstić information content (AvgIpc) is 3.50. The van der Waals surface area contributed by atoms with Crippen molar-refractivity contribution in [1.82, 2.24) is 15.3 Å². The molecule has 0 aliphatic carbocycles. The summed E-state index contributed by atoms with van der Waals surface area (Å²) in [5, 5.41) is 20.2. The minimum Gasteiger partial charge on any atom is -0.490 e. The number of alkyl halides is 1. The minimum atomic E-state index is -0.981. The Bertz CT molecular complexity index is 1890. The first-order valence-electron chi connectivity index (χ1n) is 18.1. The second kappa shape index (κ2) is 25.9. The molecule has 2 atom stereocenters. The van der Waals surface area contributed by atoms with E-state index >= 15 is 0 Å². The van der Waals surface area contributed by atoms with Gasteiger partial charge in [-0.3, -0.25) is 15.3 Å². The van der Waals surface area contributed by atoms with Crippen molar-refractivity contribution < 1.29 is 23.7 Å². The van der Waals surface area contributed by atoms with Crippen LogP contribution in [0.4, 0.5) is 14.5 Å². The Hall–Kier alpha value is -5.08. The molecule has 304 valence electrons. The monoisotopic (exact) mass is 791 g/mol. The number of aliphatic hydroxyl groups excluding tert-OH is 2. The maximum Gasteiger partial charge on any atom is 0.149 e. The number of aliphatic imine (C=N–C) groups is 1. The number of ether oxygens (including phenoxy) is 1. The quantitative estimate of drug-likeness (QED) is 0.0460. The van der Waals surface area contributed by atoms with Crippen LogP contribution in [0.15, 0.2) is 86.0 Å². The zero-order chi connectivity index (χ0) is 43.2. The van der Waals surface area contributed by atoms with Crippen molar-refractivity contribution in [1.29, 1.82) is 0 Å². The summed E-state index contributed by atoms with van der Waals surface area (Å²) < 4.78 is 33.1. The molecule has 2 aromatic heterocycles. The van der Waals surface area contributed by atoms with Gasteiger partial charge < -0.3 is 20.7 Å². The molecule has 0 fully saturated rings. The Kier molecular flexibility index (Phi) is 23.5. The maximum absolute atomic E-state index is 14.0. The molecule has 56 heavy (non-hydrogen) atoms. The lowest BCUT2D eigenvalue weighted by atomic mass is 9.84. The third-order valence-corrected chi connectivity index (χ3v) is 8.73. The van der Waals surface area contributed by atoms with Crippen LogP contribution in [0.25, 0.3) is 11.3 Å². The zero-order valence-corrected chi connectivity index (χ0v) is 35.4. The van der Waals surface area contributed by atoms with E-state index in [-0.39, 0.29) is 23.9 Å². The smallest absolute Gasteiger partial charge is 0.149 e. The number of hydrogen-bond acceptors (Lipinski definition) is 8. The van der Waals surface area contributed by atoms with Gasteiger partial charge in [0.15, 0.2) is 0 Å². The first-order valence-corrected chi connectivity index (χ1v) is 18.5. The lowest BCUT2D eigenvalue weighted by Crippen LogP contribution is -2.24. The topological polar surface area (TPSA) is 126 Å². The van der Waals surface area contributed by atoms with Crippen LogP contribution in [-0.4, -0.2) is 51.9 Å². The molecule has 3 heterocycles. The second-order valence-corrected chi connectivity index (χ2v) is 13.2. The number of aromatic nitrogens is 2. The van der Waals surface area contributed by atoms with Gasteiger partial charge in [-0.2, -0.15) is 0 Å². The Morgan fingerprint density at radius 1 is 1.07 bits per heavy atom. The van der Waals surface area contributed by atoms with Gasteiger partial charge in [-0.1, -0.05) is 69.1 Å². The molecule has 2 unspecified atom stereocenters.